The highest BCUT2D eigenvalue weighted by Crippen LogP contribution is 2.24. The Kier molecular flexibility index (Phi) is 5.60. The number of aryl methyl sites for hydroxylation is 2. The number of sulfonamides is 1. The molecule has 1 N–H and O–H groups in total. The first-order valence-electron chi connectivity index (χ1n) is 9.55. The number of fused-ring (bicyclic) bond motifs is 1. The lowest BCUT2D eigenvalue weighted by molar-refractivity contribution is 0.402. The number of pyridine rings is 1. The van der Waals surface area contributed by atoms with Gasteiger partial charge >= 0.3 is 0 Å². The molecule has 0 fully saturated rings. The summed E-state index contributed by atoms with van der Waals surface area (Å²) in [5.74, 6) is 0. The van der Waals surface area contributed by atoms with Gasteiger partial charge in [-0.25, -0.2) is 8.42 Å². The minimum Gasteiger partial charge on any atom is -0.322 e. The van der Waals surface area contributed by atoms with Crippen LogP contribution in [-0.4, -0.2) is 17.7 Å². The van der Waals surface area contributed by atoms with Crippen molar-refractivity contribution < 1.29 is 8.42 Å². The van der Waals surface area contributed by atoms with Gasteiger partial charge in [0, 0.05) is 34.4 Å². The van der Waals surface area contributed by atoms with Gasteiger partial charge in [-0.2, -0.15) is 4.31 Å². The van der Waals surface area contributed by atoms with Crippen LogP contribution in [0.15, 0.2) is 75.7 Å². The second kappa shape index (κ2) is 8.18. The fourth-order valence-electron chi connectivity index (χ4n) is 3.57. The lowest BCUT2D eigenvalue weighted by atomic mass is 10.0. The number of rotatable bonds is 6. The van der Waals surface area contributed by atoms with Gasteiger partial charge in [0.2, 0.25) is 10.0 Å². The van der Waals surface area contributed by atoms with Crippen LogP contribution in [0.5, 0.6) is 0 Å². The van der Waals surface area contributed by atoms with E-state index in [9.17, 15) is 13.2 Å². The van der Waals surface area contributed by atoms with Crippen LogP contribution in [0.4, 0.5) is 0 Å². The third-order valence-corrected chi connectivity index (χ3v) is 7.70. The number of thiophene rings is 1. The molecule has 0 aliphatic heterocycles. The molecular formula is C23H22N2O3S2. The number of benzene rings is 2. The zero-order valence-electron chi connectivity index (χ0n) is 16.8. The second-order valence-electron chi connectivity index (χ2n) is 7.33. The van der Waals surface area contributed by atoms with Crippen LogP contribution in [0.25, 0.3) is 10.9 Å². The molecule has 4 aromatic rings. The smallest absolute Gasteiger partial charge is 0.252 e. The normalized spacial score (nSPS) is 12.0. The summed E-state index contributed by atoms with van der Waals surface area (Å²) in [5, 5.41) is 2.83. The van der Waals surface area contributed by atoms with E-state index in [4.69, 9.17) is 0 Å². The summed E-state index contributed by atoms with van der Waals surface area (Å²) in [6, 6.07) is 17.9. The highest BCUT2D eigenvalue weighted by Gasteiger charge is 2.26. The molecule has 154 valence electrons. The van der Waals surface area contributed by atoms with Crippen LogP contribution in [-0.2, 0) is 23.1 Å². The third-order valence-electron chi connectivity index (χ3n) is 5.03. The second-order valence-corrected chi connectivity index (χ2v) is 10.3. The van der Waals surface area contributed by atoms with Crippen molar-refractivity contribution in [3.8, 4) is 0 Å². The van der Waals surface area contributed by atoms with E-state index in [1.807, 2.05) is 43.5 Å². The van der Waals surface area contributed by atoms with Crippen molar-refractivity contribution in [3.63, 3.8) is 0 Å². The molecule has 2 heterocycles. The minimum absolute atomic E-state index is 0.00623. The summed E-state index contributed by atoms with van der Waals surface area (Å²) in [6.45, 7) is 4.17. The van der Waals surface area contributed by atoms with Crippen LogP contribution < -0.4 is 5.56 Å². The molecule has 0 saturated heterocycles. The van der Waals surface area contributed by atoms with Crippen LogP contribution in [0.1, 0.15) is 21.6 Å². The fraction of sp³-hybridized carbons (Fsp3) is 0.174. The molecule has 2 aromatic heterocycles. The van der Waals surface area contributed by atoms with E-state index < -0.39 is 10.0 Å². The van der Waals surface area contributed by atoms with Gasteiger partial charge in [-0.1, -0.05) is 30.3 Å². The zero-order chi connectivity index (χ0) is 21.3. The van der Waals surface area contributed by atoms with Crippen molar-refractivity contribution in [2.75, 3.05) is 0 Å². The van der Waals surface area contributed by atoms with Crippen molar-refractivity contribution in [2.24, 2.45) is 0 Å². The Bertz CT molecular complexity index is 1340. The fourth-order valence-corrected chi connectivity index (χ4v) is 5.79. The van der Waals surface area contributed by atoms with Crippen LogP contribution in [0.2, 0.25) is 0 Å². The average molecular weight is 439 g/mol. The summed E-state index contributed by atoms with van der Waals surface area (Å²) in [4.78, 5) is 16.8. The van der Waals surface area contributed by atoms with Crippen LogP contribution in [0, 0.1) is 13.8 Å². The van der Waals surface area contributed by atoms with Gasteiger partial charge < -0.3 is 4.98 Å². The maximum Gasteiger partial charge on any atom is 0.252 e. The molecule has 0 aliphatic carbocycles. The molecule has 0 aliphatic rings. The number of aromatic amines is 1. The Hall–Kier alpha value is -2.74. The highest BCUT2D eigenvalue weighted by atomic mass is 32.2. The van der Waals surface area contributed by atoms with E-state index in [2.05, 4.69) is 11.1 Å². The monoisotopic (exact) mass is 438 g/mol. The Morgan fingerprint density at radius 3 is 2.43 bits per heavy atom. The Balaban J connectivity index is 1.79. The van der Waals surface area contributed by atoms with E-state index in [0.29, 0.717) is 5.56 Å². The largest absolute Gasteiger partial charge is 0.322 e. The van der Waals surface area contributed by atoms with Crippen molar-refractivity contribution in [1.82, 2.24) is 9.29 Å². The number of hydrogen-bond donors (Lipinski definition) is 1. The topological polar surface area (TPSA) is 70.2 Å². The number of H-pyrrole nitrogens is 1. The lowest BCUT2D eigenvalue weighted by Gasteiger charge is -2.22. The molecule has 4 rings (SSSR count). The zero-order valence-corrected chi connectivity index (χ0v) is 18.4. The molecule has 0 atom stereocenters. The number of hydrogen-bond acceptors (Lipinski definition) is 4. The van der Waals surface area contributed by atoms with Crippen LogP contribution in [0.3, 0.4) is 0 Å². The molecular weight excluding hydrogens is 416 g/mol. The van der Waals surface area contributed by atoms with Gasteiger partial charge in [0.1, 0.15) is 0 Å². The van der Waals surface area contributed by atoms with Gasteiger partial charge in [-0.05, 0) is 60.7 Å². The summed E-state index contributed by atoms with van der Waals surface area (Å²) in [7, 11) is -3.78. The van der Waals surface area contributed by atoms with Crippen LogP contribution >= 0.6 is 11.3 Å². The van der Waals surface area contributed by atoms with Gasteiger partial charge in [-0.3, -0.25) is 4.79 Å². The maximum absolute atomic E-state index is 13.4. The first-order valence-corrected chi connectivity index (χ1v) is 11.9. The Morgan fingerprint density at radius 1 is 0.967 bits per heavy atom. The Labute approximate surface area is 179 Å². The standard InChI is InChI=1S/C23H22N2O3S2/c1-16-11-17(2)21-13-18(23(26)24-22(21)12-16)14-25(15-19-7-6-10-29-19)30(27,28)20-8-4-3-5-9-20/h3-13H,14-15H2,1-2H3,(H,24,26). The number of aromatic nitrogens is 1. The molecule has 5 nitrogen and oxygen atoms in total. The molecule has 0 spiro atoms. The molecule has 0 amide bonds. The molecule has 7 heteroatoms. The first kappa shape index (κ1) is 20.5. The van der Waals surface area contributed by atoms with Crippen molar-refractivity contribution in [2.45, 2.75) is 31.8 Å². The van der Waals surface area contributed by atoms with Crippen molar-refractivity contribution >= 4 is 32.3 Å². The molecule has 0 unspecified atom stereocenters. The number of nitrogens with one attached hydrogen (secondary N) is 1. The number of nitrogens with zero attached hydrogens (tertiary/aromatic N) is 1. The first-order chi connectivity index (χ1) is 14.3. The highest BCUT2D eigenvalue weighted by molar-refractivity contribution is 7.89. The predicted molar refractivity (Wildman–Crippen MR) is 121 cm³/mol. The summed E-state index contributed by atoms with van der Waals surface area (Å²) < 4.78 is 28.1. The van der Waals surface area contributed by atoms with Gasteiger partial charge in [0.05, 0.1) is 4.90 Å². The summed E-state index contributed by atoms with van der Waals surface area (Å²) in [5.41, 5.74) is 3.02. The van der Waals surface area contributed by atoms with Gasteiger partial charge in [-0.15, -0.1) is 11.3 Å². The van der Waals surface area contributed by atoms with E-state index in [1.54, 1.807) is 30.3 Å². The lowest BCUT2D eigenvalue weighted by Crippen LogP contribution is -2.32. The quantitative estimate of drug-likeness (QED) is 0.478. The molecule has 0 saturated carbocycles. The van der Waals surface area contributed by atoms with Crippen molar-refractivity contribution in [1.29, 1.82) is 0 Å². The minimum atomic E-state index is -3.78. The van der Waals surface area contributed by atoms with E-state index >= 15 is 0 Å². The molecule has 30 heavy (non-hydrogen) atoms. The summed E-state index contributed by atoms with van der Waals surface area (Å²) >= 11 is 1.49. The molecule has 0 bridgehead atoms. The molecule has 0 radical (unpaired) electrons. The average Bonchev–Trinajstić information content (AvgIpc) is 3.22. The van der Waals surface area contributed by atoms with E-state index in [-0.39, 0.29) is 23.5 Å². The molecule has 2 aromatic carbocycles. The van der Waals surface area contributed by atoms with E-state index in [0.717, 1.165) is 26.9 Å². The van der Waals surface area contributed by atoms with Gasteiger partial charge in [0.15, 0.2) is 0 Å². The summed E-state index contributed by atoms with van der Waals surface area (Å²) in [6.07, 6.45) is 0. The predicted octanol–water partition coefficient (Wildman–Crippen LogP) is 4.60. The van der Waals surface area contributed by atoms with Crippen molar-refractivity contribution in [3.05, 3.63) is 98.0 Å². The third kappa shape index (κ3) is 4.09. The maximum atomic E-state index is 13.4. The Morgan fingerprint density at radius 2 is 1.73 bits per heavy atom. The SMILES string of the molecule is Cc1cc(C)c2cc(CN(Cc3cccs3)S(=O)(=O)c3ccccc3)c(=O)[nH]c2c1. The van der Waals surface area contributed by atoms with E-state index in [1.165, 1.54) is 15.6 Å². The van der Waals surface area contributed by atoms with Gasteiger partial charge in [0.25, 0.3) is 5.56 Å².